The van der Waals surface area contributed by atoms with Crippen LogP contribution in [0.3, 0.4) is 0 Å². The van der Waals surface area contributed by atoms with Gasteiger partial charge in [0.2, 0.25) is 5.13 Å². The van der Waals surface area contributed by atoms with Crippen LogP contribution in [0.25, 0.3) is 4.96 Å². The Kier molecular flexibility index (Phi) is 3.95. The van der Waals surface area contributed by atoms with Crippen molar-refractivity contribution in [2.75, 3.05) is 26.0 Å². The summed E-state index contributed by atoms with van der Waals surface area (Å²) in [5, 5.41) is 14.1. The lowest BCUT2D eigenvalue weighted by molar-refractivity contribution is 0.102. The van der Waals surface area contributed by atoms with Crippen molar-refractivity contribution in [2.24, 2.45) is 0 Å². The molecular formula is C12H14N6OS2. The molecule has 110 valence electrons. The van der Waals surface area contributed by atoms with Gasteiger partial charge in [-0.05, 0) is 14.1 Å². The van der Waals surface area contributed by atoms with Crippen molar-refractivity contribution < 1.29 is 4.79 Å². The van der Waals surface area contributed by atoms with Gasteiger partial charge in [-0.3, -0.25) is 14.5 Å². The van der Waals surface area contributed by atoms with Crippen LogP contribution in [0.1, 0.15) is 15.5 Å². The number of nitrogens with zero attached hydrogens (tertiary/aromatic N) is 5. The molecule has 0 aliphatic rings. The number of carbonyl (C=O) groups excluding carboxylic acids is 1. The Hall–Kier alpha value is -1.84. The van der Waals surface area contributed by atoms with Crippen LogP contribution in [0.15, 0.2) is 17.8 Å². The van der Waals surface area contributed by atoms with Crippen molar-refractivity contribution in [1.82, 2.24) is 24.5 Å². The van der Waals surface area contributed by atoms with E-state index in [1.165, 1.54) is 22.7 Å². The normalized spacial score (nSPS) is 11.4. The smallest absolute Gasteiger partial charge is 0.277 e. The zero-order valence-corrected chi connectivity index (χ0v) is 13.2. The average molecular weight is 322 g/mol. The van der Waals surface area contributed by atoms with Gasteiger partial charge in [0, 0.05) is 30.7 Å². The van der Waals surface area contributed by atoms with Crippen molar-refractivity contribution >= 4 is 38.7 Å². The average Bonchev–Trinajstić information content (AvgIpc) is 3.10. The Balaban J connectivity index is 1.65. The lowest BCUT2D eigenvalue weighted by Crippen LogP contribution is -2.14. The molecule has 3 heterocycles. The number of hydrogen-bond donors (Lipinski definition) is 1. The second-order valence-electron chi connectivity index (χ2n) is 4.73. The molecular weight excluding hydrogens is 308 g/mol. The Labute approximate surface area is 129 Å². The highest BCUT2D eigenvalue weighted by Gasteiger charge is 2.14. The highest BCUT2D eigenvalue weighted by atomic mass is 32.1. The molecule has 9 heteroatoms. The first-order valence-corrected chi connectivity index (χ1v) is 8.02. The van der Waals surface area contributed by atoms with Crippen molar-refractivity contribution in [3.63, 3.8) is 0 Å². The highest BCUT2D eigenvalue weighted by molar-refractivity contribution is 7.15. The van der Waals surface area contributed by atoms with E-state index in [9.17, 15) is 4.79 Å². The standard InChI is InChI=1S/C12H14N6OS2/c1-17(2)4-3-9-15-16-11(21-9)14-10(19)8-7-18-5-6-20-12(18)13-8/h5-7H,3-4H2,1-2H3,(H,14,16,19). The quantitative estimate of drug-likeness (QED) is 0.772. The lowest BCUT2D eigenvalue weighted by atomic mass is 10.4. The fourth-order valence-electron chi connectivity index (χ4n) is 1.72. The maximum atomic E-state index is 12.1. The summed E-state index contributed by atoms with van der Waals surface area (Å²) in [6.07, 6.45) is 4.39. The van der Waals surface area contributed by atoms with E-state index in [4.69, 9.17) is 0 Å². The van der Waals surface area contributed by atoms with Crippen molar-refractivity contribution in [2.45, 2.75) is 6.42 Å². The molecule has 0 aromatic carbocycles. The Morgan fingerprint density at radius 1 is 1.43 bits per heavy atom. The summed E-state index contributed by atoms with van der Waals surface area (Å²) in [5.74, 6) is -0.263. The monoisotopic (exact) mass is 322 g/mol. The minimum absolute atomic E-state index is 0.263. The zero-order chi connectivity index (χ0) is 14.8. The van der Waals surface area contributed by atoms with Crippen LogP contribution in [0.4, 0.5) is 5.13 Å². The molecule has 0 saturated carbocycles. The summed E-state index contributed by atoms with van der Waals surface area (Å²) in [5.41, 5.74) is 0.381. The first-order valence-electron chi connectivity index (χ1n) is 6.32. The number of carbonyl (C=O) groups is 1. The Bertz CT molecular complexity index is 730. The van der Waals surface area contributed by atoms with E-state index in [0.29, 0.717) is 10.8 Å². The van der Waals surface area contributed by atoms with Gasteiger partial charge in [0.15, 0.2) is 4.96 Å². The number of amides is 1. The third-order valence-electron chi connectivity index (χ3n) is 2.79. The minimum Gasteiger partial charge on any atom is -0.309 e. The van der Waals surface area contributed by atoms with E-state index in [1.807, 2.05) is 30.1 Å². The molecule has 1 amide bonds. The molecule has 0 saturated heterocycles. The number of thiazole rings is 1. The van der Waals surface area contributed by atoms with Gasteiger partial charge in [-0.2, -0.15) is 0 Å². The van der Waals surface area contributed by atoms with Crippen LogP contribution in [0.2, 0.25) is 0 Å². The van der Waals surface area contributed by atoms with Gasteiger partial charge in [0.1, 0.15) is 10.7 Å². The SMILES string of the molecule is CN(C)CCc1nnc(NC(=O)c2cn3ccsc3n2)s1. The first kappa shape index (κ1) is 14.1. The van der Waals surface area contributed by atoms with Crippen LogP contribution in [0, 0.1) is 0 Å². The molecule has 3 aromatic rings. The van der Waals surface area contributed by atoms with E-state index in [0.717, 1.165) is 22.9 Å². The van der Waals surface area contributed by atoms with Gasteiger partial charge in [-0.15, -0.1) is 21.5 Å². The maximum absolute atomic E-state index is 12.1. The fraction of sp³-hybridized carbons (Fsp3) is 0.333. The van der Waals surface area contributed by atoms with E-state index >= 15 is 0 Å². The topological polar surface area (TPSA) is 75.4 Å². The summed E-state index contributed by atoms with van der Waals surface area (Å²) in [7, 11) is 4.02. The van der Waals surface area contributed by atoms with E-state index in [2.05, 4.69) is 25.4 Å². The molecule has 0 aliphatic carbocycles. The molecule has 0 radical (unpaired) electrons. The molecule has 0 aliphatic heterocycles. The third kappa shape index (κ3) is 3.26. The predicted octanol–water partition coefficient (Wildman–Crippen LogP) is 1.60. The zero-order valence-electron chi connectivity index (χ0n) is 11.6. The summed E-state index contributed by atoms with van der Waals surface area (Å²) in [6.45, 7) is 0.903. The molecule has 0 fully saturated rings. The molecule has 0 bridgehead atoms. The molecule has 21 heavy (non-hydrogen) atoms. The van der Waals surface area contributed by atoms with Crippen LogP contribution in [-0.2, 0) is 6.42 Å². The van der Waals surface area contributed by atoms with Crippen molar-refractivity contribution in [1.29, 1.82) is 0 Å². The summed E-state index contributed by atoms with van der Waals surface area (Å²) in [4.78, 5) is 19.2. The predicted molar refractivity (Wildman–Crippen MR) is 83.2 cm³/mol. The Morgan fingerprint density at radius 3 is 3.05 bits per heavy atom. The highest BCUT2D eigenvalue weighted by Crippen LogP contribution is 2.17. The largest absolute Gasteiger partial charge is 0.309 e. The summed E-state index contributed by atoms with van der Waals surface area (Å²) < 4.78 is 1.82. The van der Waals surface area contributed by atoms with Gasteiger partial charge in [-0.1, -0.05) is 11.3 Å². The molecule has 0 atom stereocenters. The van der Waals surface area contributed by atoms with Crippen LogP contribution in [0.5, 0.6) is 0 Å². The first-order chi connectivity index (χ1) is 10.1. The molecule has 1 N–H and O–H groups in total. The van der Waals surface area contributed by atoms with Crippen molar-refractivity contribution in [3.05, 3.63) is 28.5 Å². The van der Waals surface area contributed by atoms with Gasteiger partial charge in [0.05, 0.1) is 0 Å². The van der Waals surface area contributed by atoms with E-state index in [1.54, 1.807) is 6.20 Å². The second kappa shape index (κ2) is 5.88. The summed E-state index contributed by atoms with van der Waals surface area (Å²) in [6, 6.07) is 0. The van der Waals surface area contributed by atoms with Gasteiger partial charge < -0.3 is 4.90 Å². The fourth-order valence-corrected chi connectivity index (χ4v) is 3.15. The van der Waals surface area contributed by atoms with Crippen molar-refractivity contribution in [3.8, 4) is 0 Å². The molecule has 3 aromatic heterocycles. The number of hydrogen-bond acceptors (Lipinski definition) is 7. The Morgan fingerprint density at radius 2 is 2.29 bits per heavy atom. The van der Waals surface area contributed by atoms with Gasteiger partial charge in [0.25, 0.3) is 5.91 Å². The number of fused-ring (bicyclic) bond motifs is 1. The number of imidazole rings is 1. The maximum Gasteiger partial charge on any atom is 0.277 e. The van der Waals surface area contributed by atoms with Gasteiger partial charge in [-0.25, -0.2) is 4.98 Å². The number of anilines is 1. The minimum atomic E-state index is -0.263. The van der Waals surface area contributed by atoms with E-state index < -0.39 is 0 Å². The molecule has 7 nitrogen and oxygen atoms in total. The number of nitrogens with one attached hydrogen (secondary N) is 1. The number of rotatable bonds is 5. The number of aromatic nitrogens is 4. The number of likely N-dealkylation sites (N-methyl/N-ethyl adjacent to an activating group) is 1. The molecule has 0 spiro atoms. The van der Waals surface area contributed by atoms with Crippen LogP contribution in [-0.4, -0.2) is 51.0 Å². The molecule has 3 rings (SSSR count). The molecule has 0 unspecified atom stereocenters. The summed E-state index contributed by atoms with van der Waals surface area (Å²) >= 11 is 2.88. The van der Waals surface area contributed by atoms with Crippen LogP contribution >= 0.6 is 22.7 Å². The van der Waals surface area contributed by atoms with Crippen LogP contribution < -0.4 is 5.32 Å². The van der Waals surface area contributed by atoms with E-state index in [-0.39, 0.29) is 5.91 Å². The second-order valence-corrected chi connectivity index (χ2v) is 6.66. The lowest BCUT2D eigenvalue weighted by Gasteiger charge is -2.05. The third-order valence-corrected chi connectivity index (χ3v) is 4.46. The van der Waals surface area contributed by atoms with Gasteiger partial charge >= 0.3 is 0 Å².